The minimum atomic E-state index is 0.547. The molecule has 2 saturated carbocycles. The molecular formula is C10H15N3S. The first-order valence-electron chi connectivity index (χ1n) is 5.32. The van der Waals surface area contributed by atoms with Gasteiger partial charge in [-0.2, -0.15) is 0 Å². The first-order chi connectivity index (χ1) is 6.75. The fourth-order valence-corrected chi connectivity index (χ4v) is 2.39. The molecule has 0 bridgehead atoms. The van der Waals surface area contributed by atoms with Crippen LogP contribution >= 0.6 is 11.3 Å². The number of rotatable bonds is 4. The summed E-state index contributed by atoms with van der Waals surface area (Å²) < 4.78 is 0. The van der Waals surface area contributed by atoms with Crippen LogP contribution in [0.15, 0.2) is 0 Å². The summed E-state index contributed by atoms with van der Waals surface area (Å²) in [7, 11) is 0. The zero-order valence-electron chi connectivity index (χ0n) is 8.42. The molecule has 1 heterocycles. The van der Waals surface area contributed by atoms with Gasteiger partial charge in [0.05, 0.1) is 0 Å². The number of aromatic nitrogens is 2. The summed E-state index contributed by atoms with van der Waals surface area (Å²) in [5.74, 6) is 0.736. The van der Waals surface area contributed by atoms with E-state index in [9.17, 15) is 0 Å². The van der Waals surface area contributed by atoms with Gasteiger partial charge in [0.2, 0.25) is 5.13 Å². The summed E-state index contributed by atoms with van der Waals surface area (Å²) >= 11 is 1.74. The van der Waals surface area contributed by atoms with Crippen LogP contribution in [0.25, 0.3) is 0 Å². The van der Waals surface area contributed by atoms with Crippen molar-refractivity contribution >= 4 is 16.5 Å². The fourth-order valence-electron chi connectivity index (χ4n) is 1.48. The van der Waals surface area contributed by atoms with E-state index in [-0.39, 0.29) is 0 Å². The van der Waals surface area contributed by atoms with Crippen molar-refractivity contribution in [2.45, 2.75) is 38.5 Å². The predicted molar refractivity (Wildman–Crippen MR) is 57.7 cm³/mol. The topological polar surface area (TPSA) is 37.8 Å². The molecule has 76 valence electrons. The summed E-state index contributed by atoms with van der Waals surface area (Å²) in [5.41, 5.74) is 0.547. The van der Waals surface area contributed by atoms with Crippen LogP contribution in [0.1, 0.15) is 43.5 Å². The van der Waals surface area contributed by atoms with Crippen molar-refractivity contribution in [1.29, 1.82) is 0 Å². The average Bonchev–Trinajstić information content (AvgIpc) is 3.08. The van der Waals surface area contributed by atoms with Crippen molar-refractivity contribution in [3.05, 3.63) is 5.01 Å². The van der Waals surface area contributed by atoms with Crippen LogP contribution in [0.2, 0.25) is 0 Å². The highest BCUT2D eigenvalue weighted by Gasteiger charge is 2.37. The standard InChI is InChI=1S/C10H15N3S/c1-10(4-5-10)6-11-9-13-12-8(14-9)7-2-3-7/h7H,2-6H2,1H3,(H,11,13). The van der Waals surface area contributed by atoms with Crippen LogP contribution in [0, 0.1) is 5.41 Å². The average molecular weight is 209 g/mol. The van der Waals surface area contributed by atoms with Gasteiger partial charge >= 0.3 is 0 Å². The van der Waals surface area contributed by atoms with E-state index in [1.807, 2.05) is 0 Å². The van der Waals surface area contributed by atoms with Crippen LogP contribution in [0.5, 0.6) is 0 Å². The lowest BCUT2D eigenvalue weighted by atomic mass is 10.1. The summed E-state index contributed by atoms with van der Waals surface area (Å²) in [6, 6.07) is 0. The van der Waals surface area contributed by atoms with Gasteiger partial charge in [-0.05, 0) is 31.1 Å². The molecule has 0 atom stereocenters. The van der Waals surface area contributed by atoms with Crippen LogP contribution < -0.4 is 5.32 Å². The second kappa shape index (κ2) is 2.92. The van der Waals surface area contributed by atoms with E-state index < -0.39 is 0 Å². The Morgan fingerprint density at radius 2 is 2.21 bits per heavy atom. The second-order valence-corrected chi connectivity index (χ2v) is 5.89. The maximum absolute atomic E-state index is 4.21. The number of hydrogen-bond acceptors (Lipinski definition) is 4. The van der Waals surface area contributed by atoms with Gasteiger partial charge in [0.25, 0.3) is 0 Å². The van der Waals surface area contributed by atoms with Crippen molar-refractivity contribution in [1.82, 2.24) is 10.2 Å². The summed E-state index contributed by atoms with van der Waals surface area (Å²) in [6.45, 7) is 3.38. The molecule has 2 aliphatic carbocycles. The molecule has 0 spiro atoms. The predicted octanol–water partition coefficient (Wildman–Crippen LogP) is 2.63. The summed E-state index contributed by atoms with van der Waals surface area (Å²) in [6.07, 6.45) is 5.33. The van der Waals surface area contributed by atoms with Crippen molar-refractivity contribution < 1.29 is 0 Å². The highest BCUT2D eigenvalue weighted by Crippen LogP contribution is 2.45. The van der Waals surface area contributed by atoms with Crippen LogP contribution in [-0.2, 0) is 0 Å². The quantitative estimate of drug-likeness (QED) is 0.828. The van der Waals surface area contributed by atoms with E-state index in [4.69, 9.17) is 0 Å². The van der Waals surface area contributed by atoms with Gasteiger partial charge in [-0.1, -0.05) is 18.3 Å². The molecule has 2 fully saturated rings. The number of nitrogens with zero attached hydrogens (tertiary/aromatic N) is 2. The van der Waals surface area contributed by atoms with Gasteiger partial charge in [0, 0.05) is 12.5 Å². The Morgan fingerprint density at radius 1 is 1.43 bits per heavy atom. The minimum absolute atomic E-state index is 0.547. The fraction of sp³-hybridized carbons (Fsp3) is 0.800. The highest BCUT2D eigenvalue weighted by molar-refractivity contribution is 7.15. The third kappa shape index (κ3) is 1.75. The Hall–Kier alpha value is -0.640. The molecule has 1 aromatic rings. The SMILES string of the molecule is CC1(CNc2nnc(C3CC3)s2)CC1. The Kier molecular flexibility index (Phi) is 1.81. The van der Waals surface area contributed by atoms with E-state index in [1.54, 1.807) is 11.3 Å². The van der Waals surface area contributed by atoms with Crippen LogP contribution in [-0.4, -0.2) is 16.7 Å². The lowest BCUT2D eigenvalue weighted by molar-refractivity contribution is 0.610. The van der Waals surface area contributed by atoms with E-state index in [1.165, 1.54) is 30.7 Å². The third-order valence-corrected chi connectivity index (χ3v) is 4.18. The molecule has 2 aliphatic rings. The number of nitrogens with one attached hydrogen (secondary N) is 1. The molecular weight excluding hydrogens is 194 g/mol. The largest absolute Gasteiger partial charge is 0.360 e. The van der Waals surface area contributed by atoms with Gasteiger partial charge in [-0.15, -0.1) is 10.2 Å². The molecule has 3 nitrogen and oxygen atoms in total. The summed E-state index contributed by atoms with van der Waals surface area (Å²) in [4.78, 5) is 0. The Labute approximate surface area is 87.9 Å². The van der Waals surface area contributed by atoms with E-state index in [0.29, 0.717) is 5.41 Å². The van der Waals surface area contributed by atoms with E-state index in [0.717, 1.165) is 17.6 Å². The van der Waals surface area contributed by atoms with Crippen molar-refractivity contribution in [3.63, 3.8) is 0 Å². The van der Waals surface area contributed by atoms with Crippen molar-refractivity contribution in [2.24, 2.45) is 5.41 Å². The van der Waals surface area contributed by atoms with E-state index in [2.05, 4.69) is 22.4 Å². The third-order valence-electron chi connectivity index (χ3n) is 3.14. The lowest BCUT2D eigenvalue weighted by Crippen LogP contribution is -2.11. The first kappa shape index (κ1) is 8.65. The van der Waals surface area contributed by atoms with Crippen molar-refractivity contribution in [3.8, 4) is 0 Å². The minimum Gasteiger partial charge on any atom is -0.360 e. The normalized spacial score (nSPS) is 23.5. The van der Waals surface area contributed by atoms with Gasteiger partial charge in [-0.25, -0.2) is 0 Å². The van der Waals surface area contributed by atoms with Gasteiger partial charge < -0.3 is 5.32 Å². The second-order valence-electron chi connectivity index (χ2n) is 4.88. The van der Waals surface area contributed by atoms with E-state index >= 15 is 0 Å². The molecule has 4 heteroatoms. The smallest absolute Gasteiger partial charge is 0.205 e. The molecule has 3 rings (SSSR count). The Balaban J connectivity index is 1.59. The lowest BCUT2D eigenvalue weighted by Gasteiger charge is -2.07. The zero-order valence-corrected chi connectivity index (χ0v) is 9.23. The Morgan fingerprint density at radius 3 is 2.86 bits per heavy atom. The molecule has 0 unspecified atom stereocenters. The molecule has 1 aromatic heterocycles. The van der Waals surface area contributed by atoms with Gasteiger partial charge in [-0.3, -0.25) is 0 Å². The number of anilines is 1. The monoisotopic (exact) mass is 209 g/mol. The molecule has 14 heavy (non-hydrogen) atoms. The molecule has 0 aliphatic heterocycles. The molecule has 0 amide bonds. The zero-order chi connectivity index (χ0) is 9.60. The summed E-state index contributed by atoms with van der Waals surface area (Å²) in [5, 5.41) is 14.0. The maximum atomic E-state index is 4.21. The highest BCUT2D eigenvalue weighted by atomic mass is 32.1. The maximum Gasteiger partial charge on any atom is 0.205 e. The molecule has 0 aromatic carbocycles. The van der Waals surface area contributed by atoms with Crippen LogP contribution in [0.3, 0.4) is 0 Å². The van der Waals surface area contributed by atoms with Crippen LogP contribution in [0.4, 0.5) is 5.13 Å². The van der Waals surface area contributed by atoms with Gasteiger partial charge in [0.1, 0.15) is 5.01 Å². The van der Waals surface area contributed by atoms with Crippen molar-refractivity contribution in [2.75, 3.05) is 11.9 Å². The molecule has 0 radical (unpaired) electrons. The number of hydrogen-bond donors (Lipinski definition) is 1. The first-order valence-corrected chi connectivity index (χ1v) is 6.14. The van der Waals surface area contributed by atoms with Gasteiger partial charge in [0.15, 0.2) is 0 Å². The molecule has 1 N–H and O–H groups in total. The Bertz CT molecular complexity index is 339. The molecule has 0 saturated heterocycles.